The number of nitrogens with one attached hydrogen (secondary N) is 2. The van der Waals surface area contributed by atoms with Crippen molar-refractivity contribution in [3.63, 3.8) is 0 Å². The van der Waals surface area contributed by atoms with E-state index in [0.29, 0.717) is 53.6 Å². The molecule has 18 heteroatoms. The van der Waals surface area contributed by atoms with Crippen LogP contribution in [0.5, 0.6) is 0 Å². The summed E-state index contributed by atoms with van der Waals surface area (Å²) in [6.45, 7) is 1.07. The van der Waals surface area contributed by atoms with Gasteiger partial charge in [-0.3, -0.25) is 19.7 Å². The molecule has 0 saturated carbocycles. The van der Waals surface area contributed by atoms with Gasteiger partial charge in [-0.15, -0.1) is 0 Å². The van der Waals surface area contributed by atoms with Gasteiger partial charge in [0.25, 0.3) is 5.69 Å². The van der Waals surface area contributed by atoms with Crippen LogP contribution in [0, 0.1) is 10.1 Å². The number of anilines is 1. The Hall–Kier alpha value is -4.58. The fourth-order valence-corrected chi connectivity index (χ4v) is 9.78. The highest BCUT2D eigenvalue weighted by molar-refractivity contribution is 7.89. The Morgan fingerprint density at radius 2 is 1.00 bits per heavy atom. The van der Waals surface area contributed by atoms with E-state index in [4.69, 9.17) is 28.9 Å². The first kappa shape index (κ1) is 42.6. The Morgan fingerprint density at radius 3 is 1.38 bits per heavy atom. The van der Waals surface area contributed by atoms with Crippen molar-refractivity contribution in [2.75, 3.05) is 18.8 Å². The zero-order valence-corrected chi connectivity index (χ0v) is 33.4. The standard InChI is InChI=1S/C19H20ClN3O5S.C19H22ClN3O3S/c20-15-6-10-17(11-7-15)29(27,28)22(18-3-1-2-12-21-19(18)24)13-14-4-8-16(9-5-14)23(25)26;20-15-6-10-17(11-7-15)27(25,26)23(13-14-4-8-16(21)9-5-14)18-3-1-2-12-22-19(18)24/h4-11,18H,1-3,12-13H2,(H,21,24);4-11,18H,1-3,12-13,21H2,(H,22,24)/t2*18-/m11/s1. The molecular formula is C38H42Cl2N6O8S2. The first-order chi connectivity index (χ1) is 26.7. The highest BCUT2D eigenvalue weighted by atomic mass is 35.5. The summed E-state index contributed by atoms with van der Waals surface area (Å²) >= 11 is 11.8. The quantitative estimate of drug-likeness (QED) is 0.0935. The second-order valence-electron chi connectivity index (χ2n) is 13.3. The molecule has 4 aromatic carbocycles. The third-order valence-corrected chi connectivity index (χ3v) is 13.6. The molecule has 2 amide bonds. The van der Waals surface area contributed by atoms with Gasteiger partial charge in [0, 0.05) is 54.0 Å². The summed E-state index contributed by atoms with van der Waals surface area (Å²) in [7, 11) is -7.90. The molecule has 0 radical (unpaired) electrons. The van der Waals surface area contributed by atoms with Crippen LogP contribution in [0.2, 0.25) is 10.0 Å². The molecule has 0 aliphatic carbocycles. The normalized spacial score (nSPS) is 17.9. The van der Waals surface area contributed by atoms with E-state index in [9.17, 15) is 36.5 Å². The van der Waals surface area contributed by atoms with E-state index in [0.717, 1.165) is 29.1 Å². The predicted octanol–water partition coefficient (Wildman–Crippen LogP) is 5.89. The number of non-ortho nitro benzene ring substituents is 1. The van der Waals surface area contributed by atoms with Gasteiger partial charge < -0.3 is 16.4 Å². The topological polar surface area (TPSA) is 202 Å². The smallest absolute Gasteiger partial charge is 0.269 e. The molecule has 4 aromatic rings. The summed E-state index contributed by atoms with van der Waals surface area (Å²) in [6, 6.07) is 22.7. The summed E-state index contributed by atoms with van der Waals surface area (Å²) in [5.74, 6) is -0.609. The van der Waals surface area contributed by atoms with Gasteiger partial charge in [-0.05, 0) is 110 Å². The fourth-order valence-electron chi connectivity index (χ4n) is 6.31. The van der Waals surface area contributed by atoms with Gasteiger partial charge in [-0.2, -0.15) is 8.61 Å². The molecule has 6 rings (SSSR count). The second-order valence-corrected chi connectivity index (χ2v) is 17.9. The van der Waals surface area contributed by atoms with Crippen molar-refractivity contribution >= 4 is 66.4 Å². The van der Waals surface area contributed by atoms with Crippen molar-refractivity contribution in [3.8, 4) is 0 Å². The number of hydrogen-bond donors (Lipinski definition) is 3. The second kappa shape index (κ2) is 19.0. The number of hydrogen-bond acceptors (Lipinski definition) is 9. The highest BCUT2D eigenvalue weighted by Crippen LogP contribution is 2.28. The zero-order chi connectivity index (χ0) is 40.5. The molecule has 2 fully saturated rings. The third kappa shape index (κ3) is 10.8. The van der Waals surface area contributed by atoms with E-state index in [2.05, 4.69) is 10.6 Å². The molecule has 0 spiro atoms. The average molecular weight is 846 g/mol. The molecule has 2 heterocycles. The Morgan fingerprint density at radius 1 is 0.625 bits per heavy atom. The van der Waals surface area contributed by atoms with Crippen LogP contribution in [0.4, 0.5) is 11.4 Å². The average Bonchev–Trinajstić information content (AvgIpc) is 3.53. The van der Waals surface area contributed by atoms with Crippen molar-refractivity contribution in [2.45, 2.75) is 73.5 Å². The predicted molar refractivity (Wildman–Crippen MR) is 214 cm³/mol. The molecule has 2 aliphatic heterocycles. The number of benzene rings is 4. The summed E-state index contributed by atoms with van der Waals surface area (Å²) in [6.07, 6.45) is 3.96. The number of amides is 2. The molecule has 14 nitrogen and oxygen atoms in total. The van der Waals surface area contributed by atoms with Gasteiger partial charge in [0.2, 0.25) is 31.9 Å². The molecule has 298 valence electrons. The number of nitro benzene ring substituents is 1. The van der Waals surface area contributed by atoms with Gasteiger partial charge >= 0.3 is 0 Å². The van der Waals surface area contributed by atoms with E-state index in [-0.39, 0.29) is 40.4 Å². The van der Waals surface area contributed by atoms with Crippen LogP contribution in [0.25, 0.3) is 0 Å². The number of carbonyl (C=O) groups excluding carboxylic acids is 2. The monoisotopic (exact) mass is 844 g/mol. The van der Waals surface area contributed by atoms with Crippen molar-refractivity contribution in [2.24, 2.45) is 0 Å². The van der Waals surface area contributed by atoms with E-state index >= 15 is 0 Å². The number of carbonyl (C=O) groups is 2. The lowest BCUT2D eigenvalue weighted by molar-refractivity contribution is -0.384. The molecule has 0 unspecified atom stereocenters. The summed E-state index contributed by atoms with van der Waals surface area (Å²) in [4.78, 5) is 35.7. The molecule has 0 aromatic heterocycles. The first-order valence-corrected chi connectivity index (χ1v) is 21.5. The van der Waals surface area contributed by atoms with E-state index in [1.807, 2.05) is 0 Å². The van der Waals surface area contributed by atoms with Gasteiger partial charge in [-0.1, -0.05) is 47.5 Å². The molecule has 2 aliphatic rings. The zero-order valence-electron chi connectivity index (χ0n) is 30.2. The number of nitrogen functional groups attached to an aromatic ring is 1. The van der Waals surface area contributed by atoms with Crippen molar-refractivity contribution in [1.82, 2.24) is 19.2 Å². The van der Waals surface area contributed by atoms with E-state index in [1.165, 1.54) is 77.1 Å². The Bertz CT molecular complexity index is 2210. The number of nitrogens with two attached hydrogens (primary N) is 1. The lowest BCUT2D eigenvalue weighted by atomic mass is 10.1. The van der Waals surface area contributed by atoms with Crippen molar-refractivity contribution in [3.05, 3.63) is 128 Å². The van der Waals surface area contributed by atoms with E-state index in [1.54, 1.807) is 24.3 Å². The maximum atomic E-state index is 13.4. The number of rotatable bonds is 11. The SMILES string of the molecule is Nc1ccc(CN([C@@H]2CCCCNC2=O)S(=O)(=O)c2ccc(Cl)cc2)cc1.O=C1NCCCC[C@H]1N(Cc1ccc([N+](=O)[O-])cc1)S(=O)(=O)c1ccc(Cl)cc1. The molecule has 2 saturated heterocycles. The summed E-state index contributed by atoms with van der Waals surface area (Å²) in [5.41, 5.74) is 7.54. The molecule has 56 heavy (non-hydrogen) atoms. The number of nitro groups is 1. The maximum Gasteiger partial charge on any atom is 0.269 e. The van der Waals surface area contributed by atoms with Crippen LogP contribution in [-0.4, -0.2) is 67.4 Å². The summed E-state index contributed by atoms with van der Waals surface area (Å²) in [5, 5.41) is 17.3. The lowest BCUT2D eigenvalue weighted by Gasteiger charge is -2.29. The molecule has 2 atom stereocenters. The van der Waals surface area contributed by atoms with Gasteiger partial charge in [0.05, 0.1) is 14.7 Å². The van der Waals surface area contributed by atoms with Gasteiger partial charge in [0.1, 0.15) is 12.1 Å². The Labute approximate surface area is 336 Å². The molecule has 0 bridgehead atoms. The van der Waals surface area contributed by atoms with Crippen LogP contribution in [0.1, 0.15) is 49.7 Å². The Kier molecular flexibility index (Phi) is 14.5. The number of halogens is 2. The molecular weight excluding hydrogens is 803 g/mol. The largest absolute Gasteiger partial charge is 0.399 e. The van der Waals surface area contributed by atoms with E-state index < -0.39 is 37.1 Å². The Balaban J connectivity index is 0.000000215. The van der Waals surface area contributed by atoms with Crippen LogP contribution < -0.4 is 16.4 Å². The maximum absolute atomic E-state index is 13.4. The van der Waals surface area contributed by atoms with Crippen LogP contribution in [0.15, 0.2) is 107 Å². The third-order valence-electron chi connectivity index (χ3n) is 9.35. The number of sulfonamides is 2. The fraction of sp³-hybridized carbons (Fsp3) is 0.316. The summed E-state index contributed by atoms with van der Waals surface area (Å²) < 4.78 is 55.9. The van der Waals surface area contributed by atoms with Gasteiger partial charge in [-0.25, -0.2) is 16.8 Å². The molecule has 4 N–H and O–H groups in total. The van der Waals surface area contributed by atoms with Crippen molar-refractivity contribution < 1.29 is 31.3 Å². The van der Waals surface area contributed by atoms with Crippen LogP contribution in [0.3, 0.4) is 0 Å². The minimum absolute atomic E-state index is 0.0286. The highest BCUT2D eigenvalue weighted by Gasteiger charge is 2.38. The van der Waals surface area contributed by atoms with Crippen LogP contribution >= 0.6 is 23.2 Å². The first-order valence-electron chi connectivity index (χ1n) is 17.8. The number of nitrogens with zero attached hydrogens (tertiary/aromatic N) is 3. The minimum atomic E-state index is -4.01. The lowest BCUT2D eigenvalue weighted by Crippen LogP contribution is -2.48. The van der Waals surface area contributed by atoms with Gasteiger partial charge in [0.15, 0.2) is 0 Å². The minimum Gasteiger partial charge on any atom is -0.399 e. The van der Waals surface area contributed by atoms with Crippen molar-refractivity contribution in [1.29, 1.82) is 0 Å². The van der Waals surface area contributed by atoms with Crippen LogP contribution in [-0.2, 0) is 42.7 Å².